The third-order valence-electron chi connectivity index (χ3n) is 5.54. The molecule has 2 aromatic heterocycles. The van der Waals surface area contributed by atoms with E-state index in [9.17, 15) is 9.90 Å². The summed E-state index contributed by atoms with van der Waals surface area (Å²) in [6, 6.07) is 4.12. The Morgan fingerprint density at radius 1 is 1.32 bits per heavy atom. The number of anilines is 2. The Hall–Kier alpha value is -2.45. The van der Waals surface area contributed by atoms with Crippen molar-refractivity contribution in [2.24, 2.45) is 0 Å². The first kappa shape index (κ1) is 18.9. The van der Waals surface area contributed by atoms with E-state index in [4.69, 9.17) is 0 Å². The zero-order valence-electron chi connectivity index (χ0n) is 16.5. The number of β-amino-alcohol motifs (C(OH)–C–C–N with tert-alkyl or cyclic N) is 1. The maximum Gasteiger partial charge on any atom is 0.253 e. The van der Waals surface area contributed by atoms with Crippen molar-refractivity contribution in [1.82, 2.24) is 19.9 Å². The van der Waals surface area contributed by atoms with E-state index in [1.165, 1.54) is 11.9 Å². The summed E-state index contributed by atoms with van der Waals surface area (Å²) in [6.07, 6.45) is 5.01. The van der Waals surface area contributed by atoms with Crippen molar-refractivity contribution in [1.29, 1.82) is 0 Å². The van der Waals surface area contributed by atoms with E-state index in [-0.39, 0.29) is 17.7 Å². The topological polar surface area (TPSA) is 97.4 Å². The van der Waals surface area contributed by atoms with Gasteiger partial charge < -0.3 is 25.2 Å². The van der Waals surface area contributed by atoms with Crippen LogP contribution in [0.5, 0.6) is 0 Å². The van der Waals surface area contributed by atoms with Crippen LogP contribution in [0.2, 0.25) is 0 Å². The highest BCUT2D eigenvalue weighted by Gasteiger charge is 2.32. The summed E-state index contributed by atoms with van der Waals surface area (Å²) >= 11 is 0. The Morgan fingerprint density at radius 3 is 3.00 bits per heavy atom. The van der Waals surface area contributed by atoms with Crippen molar-refractivity contribution in [2.45, 2.75) is 44.4 Å². The van der Waals surface area contributed by atoms with Gasteiger partial charge in [0.1, 0.15) is 18.0 Å². The van der Waals surface area contributed by atoms with Gasteiger partial charge in [0.05, 0.1) is 6.10 Å². The molecule has 2 atom stereocenters. The number of nitrogens with zero attached hydrogens (tertiary/aromatic N) is 4. The van der Waals surface area contributed by atoms with Gasteiger partial charge in [0.15, 0.2) is 0 Å². The summed E-state index contributed by atoms with van der Waals surface area (Å²) in [5.41, 5.74) is 3.02. The van der Waals surface area contributed by atoms with Crippen LogP contribution in [-0.4, -0.2) is 64.3 Å². The zero-order chi connectivity index (χ0) is 19.7. The average Bonchev–Trinajstić information content (AvgIpc) is 3.25. The van der Waals surface area contributed by atoms with Crippen molar-refractivity contribution < 1.29 is 5.11 Å². The standard InChI is InChI=1S/C20H28N6O2/c1-25(2)10-15-7-16(27)11-26(15)19-8-18(22-12-23-19)21-9-14-6-13-4-3-5-17(13)24-20(14)28/h6,8,12,15-16,27H,3-5,7,9-11H2,1-2H3,(H,24,28)(H,21,22,23)/t15-,16-/m1/s1. The number of aliphatic hydroxyl groups is 1. The molecule has 28 heavy (non-hydrogen) atoms. The fourth-order valence-corrected chi connectivity index (χ4v) is 4.25. The molecule has 2 aliphatic rings. The van der Waals surface area contributed by atoms with Gasteiger partial charge in [-0.2, -0.15) is 0 Å². The fraction of sp³-hybridized carbons (Fsp3) is 0.550. The molecular formula is C20H28N6O2. The number of pyridine rings is 1. The Balaban J connectivity index is 1.48. The lowest BCUT2D eigenvalue weighted by Crippen LogP contribution is -2.38. The molecule has 0 radical (unpaired) electrons. The molecule has 0 unspecified atom stereocenters. The molecule has 1 aliphatic carbocycles. The highest BCUT2D eigenvalue weighted by atomic mass is 16.3. The minimum Gasteiger partial charge on any atom is -0.391 e. The number of nitrogens with one attached hydrogen (secondary N) is 2. The van der Waals surface area contributed by atoms with Crippen molar-refractivity contribution in [3.05, 3.63) is 45.6 Å². The number of hydrogen-bond donors (Lipinski definition) is 3. The highest BCUT2D eigenvalue weighted by molar-refractivity contribution is 5.50. The number of aryl methyl sites for hydroxylation is 2. The van der Waals surface area contributed by atoms with E-state index in [2.05, 4.69) is 30.1 Å². The number of aromatic nitrogens is 3. The van der Waals surface area contributed by atoms with Gasteiger partial charge in [-0.05, 0) is 51.4 Å². The summed E-state index contributed by atoms with van der Waals surface area (Å²) in [7, 11) is 4.06. The maximum atomic E-state index is 12.3. The molecule has 1 aliphatic heterocycles. The SMILES string of the molecule is CN(C)C[C@H]1C[C@@H](O)CN1c1cc(NCc2cc3c([nH]c2=O)CCC3)ncn1. The molecule has 4 rings (SSSR count). The van der Waals surface area contributed by atoms with Gasteiger partial charge in [0.25, 0.3) is 5.56 Å². The van der Waals surface area contributed by atoms with Crippen LogP contribution >= 0.6 is 0 Å². The van der Waals surface area contributed by atoms with Gasteiger partial charge in [0, 0.05) is 43.0 Å². The lowest BCUT2D eigenvalue weighted by molar-refractivity contribution is 0.191. The predicted molar refractivity (Wildman–Crippen MR) is 109 cm³/mol. The van der Waals surface area contributed by atoms with Crippen LogP contribution in [0, 0.1) is 0 Å². The van der Waals surface area contributed by atoms with E-state index in [1.54, 1.807) is 0 Å². The van der Waals surface area contributed by atoms with Crippen LogP contribution in [0.25, 0.3) is 0 Å². The van der Waals surface area contributed by atoms with Gasteiger partial charge in [-0.3, -0.25) is 4.79 Å². The number of fused-ring (bicyclic) bond motifs is 1. The van der Waals surface area contributed by atoms with Gasteiger partial charge in [-0.25, -0.2) is 9.97 Å². The molecule has 0 spiro atoms. The first-order valence-electron chi connectivity index (χ1n) is 9.89. The van der Waals surface area contributed by atoms with Gasteiger partial charge in [0.2, 0.25) is 0 Å². The number of aliphatic hydroxyl groups excluding tert-OH is 1. The highest BCUT2D eigenvalue weighted by Crippen LogP contribution is 2.26. The second-order valence-electron chi connectivity index (χ2n) is 8.05. The molecule has 3 N–H and O–H groups in total. The Morgan fingerprint density at radius 2 is 2.18 bits per heavy atom. The van der Waals surface area contributed by atoms with E-state index >= 15 is 0 Å². The molecule has 150 valence electrons. The quantitative estimate of drug-likeness (QED) is 0.677. The fourth-order valence-electron chi connectivity index (χ4n) is 4.25. The van der Waals surface area contributed by atoms with Crippen molar-refractivity contribution in [2.75, 3.05) is 37.4 Å². The molecule has 8 nitrogen and oxygen atoms in total. The molecule has 0 saturated carbocycles. The summed E-state index contributed by atoms with van der Waals surface area (Å²) in [6.45, 7) is 1.84. The second-order valence-corrected chi connectivity index (χ2v) is 8.05. The third-order valence-corrected chi connectivity index (χ3v) is 5.54. The van der Waals surface area contributed by atoms with E-state index in [0.29, 0.717) is 18.9 Å². The Bertz CT molecular complexity index is 897. The molecule has 0 amide bonds. The van der Waals surface area contributed by atoms with Gasteiger partial charge in [-0.1, -0.05) is 0 Å². The van der Waals surface area contributed by atoms with Crippen molar-refractivity contribution >= 4 is 11.6 Å². The molecule has 1 fully saturated rings. The number of rotatable bonds is 6. The molecule has 2 aromatic rings. The lowest BCUT2D eigenvalue weighted by atomic mass is 10.1. The van der Waals surface area contributed by atoms with Crippen molar-refractivity contribution in [3.63, 3.8) is 0 Å². The Labute approximate surface area is 164 Å². The first-order chi connectivity index (χ1) is 13.5. The number of hydrogen-bond acceptors (Lipinski definition) is 7. The first-order valence-corrected chi connectivity index (χ1v) is 9.89. The molecule has 0 aromatic carbocycles. The zero-order valence-corrected chi connectivity index (χ0v) is 16.5. The van der Waals surface area contributed by atoms with Crippen LogP contribution in [0.1, 0.15) is 29.7 Å². The number of aromatic amines is 1. The lowest BCUT2D eigenvalue weighted by Gasteiger charge is -2.27. The monoisotopic (exact) mass is 384 g/mol. The van der Waals surface area contributed by atoms with Crippen LogP contribution in [0.15, 0.2) is 23.3 Å². The van der Waals surface area contributed by atoms with Crippen molar-refractivity contribution in [3.8, 4) is 0 Å². The summed E-state index contributed by atoms with van der Waals surface area (Å²) < 4.78 is 0. The van der Waals surface area contributed by atoms with E-state index < -0.39 is 0 Å². The summed E-state index contributed by atoms with van der Waals surface area (Å²) in [4.78, 5) is 28.3. The predicted octanol–water partition coefficient (Wildman–Crippen LogP) is 0.767. The second kappa shape index (κ2) is 7.89. The van der Waals surface area contributed by atoms with Crippen LogP contribution in [0.4, 0.5) is 11.6 Å². The average molecular weight is 384 g/mol. The van der Waals surface area contributed by atoms with E-state index in [1.807, 2.05) is 26.2 Å². The number of H-pyrrole nitrogens is 1. The summed E-state index contributed by atoms with van der Waals surface area (Å²) in [5.74, 6) is 1.47. The van der Waals surface area contributed by atoms with Crippen LogP contribution < -0.4 is 15.8 Å². The maximum absolute atomic E-state index is 12.3. The number of likely N-dealkylation sites (N-methyl/N-ethyl adjacent to an activating group) is 1. The molecule has 1 saturated heterocycles. The summed E-state index contributed by atoms with van der Waals surface area (Å²) in [5, 5.41) is 13.4. The van der Waals surface area contributed by atoms with Gasteiger partial charge >= 0.3 is 0 Å². The minimum absolute atomic E-state index is 0.0314. The molecule has 3 heterocycles. The van der Waals surface area contributed by atoms with Crippen LogP contribution in [-0.2, 0) is 19.4 Å². The third kappa shape index (κ3) is 4.02. The van der Waals surface area contributed by atoms with Gasteiger partial charge in [-0.15, -0.1) is 0 Å². The van der Waals surface area contributed by atoms with E-state index in [0.717, 1.165) is 49.3 Å². The molecule has 0 bridgehead atoms. The Kier molecular flexibility index (Phi) is 5.32. The minimum atomic E-state index is -0.346. The van der Waals surface area contributed by atoms with Crippen LogP contribution in [0.3, 0.4) is 0 Å². The molecular weight excluding hydrogens is 356 g/mol. The smallest absolute Gasteiger partial charge is 0.253 e. The normalized spacial score (nSPS) is 21.4. The largest absolute Gasteiger partial charge is 0.391 e. The molecule has 8 heteroatoms.